The molecular formula is C17H26N2OS. The lowest BCUT2D eigenvalue weighted by Crippen LogP contribution is -2.46. The van der Waals surface area contributed by atoms with E-state index in [1.54, 1.807) is 11.8 Å². The minimum absolute atomic E-state index is 0.00810. The highest BCUT2D eigenvalue weighted by molar-refractivity contribution is 7.98. The van der Waals surface area contributed by atoms with Crippen LogP contribution in [0, 0.1) is 0 Å². The molecule has 0 radical (unpaired) electrons. The quantitative estimate of drug-likeness (QED) is 0.814. The topological polar surface area (TPSA) is 55.1 Å². The second kappa shape index (κ2) is 7.85. The van der Waals surface area contributed by atoms with E-state index < -0.39 is 0 Å². The normalized spacial score (nSPS) is 18.4. The van der Waals surface area contributed by atoms with Crippen LogP contribution in [0.4, 0.5) is 0 Å². The highest BCUT2D eigenvalue weighted by Crippen LogP contribution is 2.40. The maximum atomic E-state index is 12.1. The smallest absolute Gasteiger partial charge is 0.236 e. The van der Waals surface area contributed by atoms with E-state index in [2.05, 4.69) is 29.6 Å². The van der Waals surface area contributed by atoms with Crippen LogP contribution in [0.3, 0.4) is 0 Å². The molecular weight excluding hydrogens is 280 g/mol. The molecule has 0 bridgehead atoms. The zero-order chi connectivity index (χ0) is 15.1. The van der Waals surface area contributed by atoms with Gasteiger partial charge in [-0.15, -0.1) is 0 Å². The zero-order valence-electron chi connectivity index (χ0n) is 12.8. The Labute approximate surface area is 132 Å². The first-order chi connectivity index (χ1) is 10.2. The molecule has 3 N–H and O–H groups in total. The average molecular weight is 306 g/mol. The molecule has 4 heteroatoms. The van der Waals surface area contributed by atoms with E-state index in [1.807, 2.05) is 12.3 Å². The number of carbonyl (C=O) groups is 1. The van der Waals surface area contributed by atoms with Gasteiger partial charge in [0.15, 0.2) is 0 Å². The summed E-state index contributed by atoms with van der Waals surface area (Å²) in [6.07, 6.45) is 7.56. The SMILES string of the molecule is CSCCC(N)C(=O)NCC1(c2ccccc2)CCCC1. The van der Waals surface area contributed by atoms with Gasteiger partial charge in [-0.2, -0.15) is 11.8 Å². The number of hydrogen-bond acceptors (Lipinski definition) is 3. The summed E-state index contributed by atoms with van der Waals surface area (Å²) in [6, 6.07) is 10.2. The van der Waals surface area contributed by atoms with Gasteiger partial charge in [0.25, 0.3) is 0 Å². The van der Waals surface area contributed by atoms with Gasteiger partial charge < -0.3 is 11.1 Å². The number of benzene rings is 1. The van der Waals surface area contributed by atoms with Crippen molar-refractivity contribution < 1.29 is 4.79 Å². The number of amides is 1. The predicted molar refractivity (Wildman–Crippen MR) is 90.6 cm³/mol. The molecule has 0 spiro atoms. The maximum absolute atomic E-state index is 12.1. The molecule has 0 heterocycles. The fourth-order valence-electron chi connectivity index (χ4n) is 3.17. The van der Waals surface area contributed by atoms with Crippen LogP contribution in [0.2, 0.25) is 0 Å². The molecule has 1 fully saturated rings. The van der Waals surface area contributed by atoms with Crippen LogP contribution in [0.25, 0.3) is 0 Å². The Morgan fingerprint density at radius 2 is 2.00 bits per heavy atom. The average Bonchev–Trinajstić information content (AvgIpc) is 3.01. The molecule has 21 heavy (non-hydrogen) atoms. The monoisotopic (exact) mass is 306 g/mol. The maximum Gasteiger partial charge on any atom is 0.236 e. The number of rotatable bonds is 7. The summed E-state index contributed by atoms with van der Waals surface area (Å²) in [7, 11) is 0. The third-order valence-electron chi connectivity index (χ3n) is 4.52. The first kappa shape index (κ1) is 16.4. The summed E-state index contributed by atoms with van der Waals surface area (Å²) in [6.45, 7) is 0.711. The Hall–Kier alpha value is -1.00. The van der Waals surface area contributed by atoms with Crippen LogP contribution < -0.4 is 11.1 Å². The van der Waals surface area contributed by atoms with E-state index in [0.29, 0.717) is 6.54 Å². The van der Waals surface area contributed by atoms with Crippen LogP contribution in [0.1, 0.15) is 37.7 Å². The highest BCUT2D eigenvalue weighted by atomic mass is 32.2. The lowest BCUT2D eigenvalue weighted by molar-refractivity contribution is -0.122. The second-order valence-corrected chi connectivity index (χ2v) is 6.94. The summed E-state index contributed by atoms with van der Waals surface area (Å²) in [4.78, 5) is 12.1. The van der Waals surface area contributed by atoms with Gasteiger partial charge in [-0.05, 0) is 36.8 Å². The third-order valence-corrected chi connectivity index (χ3v) is 5.16. The van der Waals surface area contributed by atoms with E-state index in [0.717, 1.165) is 25.0 Å². The minimum Gasteiger partial charge on any atom is -0.354 e. The molecule has 1 atom stereocenters. The fraction of sp³-hybridized carbons (Fsp3) is 0.588. The molecule has 1 unspecified atom stereocenters. The van der Waals surface area contributed by atoms with Crippen molar-refractivity contribution in [3.63, 3.8) is 0 Å². The molecule has 2 rings (SSSR count). The lowest BCUT2D eigenvalue weighted by Gasteiger charge is -2.30. The predicted octanol–water partition coefficient (Wildman–Crippen LogP) is 2.70. The van der Waals surface area contributed by atoms with Crippen molar-refractivity contribution >= 4 is 17.7 Å². The van der Waals surface area contributed by atoms with E-state index in [1.165, 1.54) is 18.4 Å². The van der Waals surface area contributed by atoms with Crippen molar-refractivity contribution in [2.75, 3.05) is 18.6 Å². The van der Waals surface area contributed by atoms with Crippen molar-refractivity contribution in [1.82, 2.24) is 5.32 Å². The molecule has 0 aromatic heterocycles. The number of thioether (sulfide) groups is 1. The number of carbonyl (C=O) groups excluding carboxylic acids is 1. The van der Waals surface area contributed by atoms with E-state index >= 15 is 0 Å². The largest absolute Gasteiger partial charge is 0.354 e. The van der Waals surface area contributed by atoms with Gasteiger partial charge >= 0.3 is 0 Å². The van der Waals surface area contributed by atoms with Crippen molar-refractivity contribution in [2.24, 2.45) is 5.73 Å². The zero-order valence-corrected chi connectivity index (χ0v) is 13.6. The summed E-state index contributed by atoms with van der Waals surface area (Å²) in [5, 5.41) is 3.10. The molecule has 1 aromatic rings. The molecule has 1 aliphatic rings. The number of nitrogens with one attached hydrogen (secondary N) is 1. The molecule has 3 nitrogen and oxygen atoms in total. The molecule has 0 saturated heterocycles. The van der Waals surface area contributed by atoms with E-state index in [4.69, 9.17) is 5.73 Å². The van der Waals surface area contributed by atoms with Crippen LogP contribution >= 0.6 is 11.8 Å². The Bertz CT molecular complexity index is 443. The van der Waals surface area contributed by atoms with Gasteiger partial charge in [0.2, 0.25) is 5.91 Å². The minimum atomic E-state index is -0.383. The standard InChI is InChI=1S/C17H26N2OS/c1-21-12-9-15(18)16(20)19-13-17(10-5-6-11-17)14-7-3-2-4-8-14/h2-4,7-8,15H,5-6,9-13,18H2,1H3,(H,19,20). The molecule has 1 saturated carbocycles. The summed E-state index contributed by atoms with van der Waals surface area (Å²) in [5.41, 5.74) is 7.40. The van der Waals surface area contributed by atoms with Crippen molar-refractivity contribution in [3.8, 4) is 0 Å². The van der Waals surface area contributed by atoms with Crippen LogP contribution in [0.5, 0.6) is 0 Å². The molecule has 116 valence electrons. The lowest BCUT2D eigenvalue weighted by atomic mass is 9.79. The van der Waals surface area contributed by atoms with Crippen molar-refractivity contribution in [3.05, 3.63) is 35.9 Å². The Balaban J connectivity index is 1.97. The Morgan fingerprint density at radius 3 is 2.62 bits per heavy atom. The highest BCUT2D eigenvalue weighted by Gasteiger charge is 2.36. The van der Waals surface area contributed by atoms with Gasteiger partial charge in [0.05, 0.1) is 6.04 Å². The molecule has 1 amide bonds. The van der Waals surface area contributed by atoms with Gasteiger partial charge in [0.1, 0.15) is 0 Å². The summed E-state index contributed by atoms with van der Waals surface area (Å²) >= 11 is 1.73. The van der Waals surface area contributed by atoms with E-state index in [-0.39, 0.29) is 17.4 Å². The first-order valence-corrected chi connectivity index (χ1v) is 9.15. The Morgan fingerprint density at radius 1 is 1.33 bits per heavy atom. The van der Waals surface area contributed by atoms with Gasteiger partial charge in [-0.25, -0.2) is 0 Å². The van der Waals surface area contributed by atoms with Gasteiger partial charge in [-0.3, -0.25) is 4.79 Å². The third kappa shape index (κ3) is 4.24. The van der Waals surface area contributed by atoms with E-state index in [9.17, 15) is 4.79 Å². The molecule has 1 aromatic carbocycles. The fourth-order valence-corrected chi connectivity index (χ4v) is 3.66. The second-order valence-electron chi connectivity index (χ2n) is 5.96. The van der Waals surface area contributed by atoms with Gasteiger partial charge in [0, 0.05) is 12.0 Å². The number of nitrogens with two attached hydrogens (primary N) is 1. The van der Waals surface area contributed by atoms with Gasteiger partial charge in [-0.1, -0.05) is 43.2 Å². The summed E-state index contributed by atoms with van der Waals surface area (Å²) in [5.74, 6) is 0.921. The first-order valence-electron chi connectivity index (χ1n) is 7.76. The Kier molecular flexibility index (Phi) is 6.12. The summed E-state index contributed by atoms with van der Waals surface area (Å²) < 4.78 is 0. The molecule has 1 aliphatic carbocycles. The van der Waals surface area contributed by atoms with Crippen LogP contribution in [0.15, 0.2) is 30.3 Å². The van der Waals surface area contributed by atoms with Crippen LogP contribution in [-0.2, 0) is 10.2 Å². The van der Waals surface area contributed by atoms with Crippen molar-refractivity contribution in [1.29, 1.82) is 0 Å². The van der Waals surface area contributed by atoms with Crippen molar-refractivity contribution in [2.45, 2.75) is 43.6 Å². The molecule has 0 aliphatic heterocycles. The number of hydrogen-bond donors (Lipinski definition) is 2. The van der Waals surface area contributed by atoms with Crippen LogP contribution in [-0.4, -0.2) is 30.5 Å².